The third-order valence-electron chi connectivity index (χ3n) is 6.06. The lowest BCUT2D eigenvalue weighted by Crippen LogP contribution is -2.62. The van der Waals surface area contributed by atoms with Crippen LogP contribution in [0, 0.1) is 5.92 Å². The third-order valence-corrected chi connectivity index (χ3v) is 6.06. The molecule has 3 amide bonds. The molecular formula is C22H28N4O5. The minimum absolute atomic E-state index is 0.0875. The second kappa shape index (κ2) is 8.20. The molecular weight excluding hydrogens is 400 g/mol. The van der Waals surface area contributed by atoms with Crippen LogP contribution in [-0.2, 0) is 20.9 Å². The first kappa shape index (κ1) is 21.1. The van der Waals surface area contributed by atoms with Crippen LogP contribution in [0.25, 0.3) is 11.1 Å². The Balaban J connectivity index is 1.59. The normalized spacial score (nSPS) is 23.5. The Morgan fingerprint density at radius 2 is 1.94 bits per heavy atom. The number of hydrogen-bond acceptors (Lipinski definition) is 5. The van der Waals surface area contributed by atoms with E-state index in [2.05, 4.69) is 5.32 Å². The summed E-state index contributed by atoms with van der Waals surface area (Å²) in [5.41, 5.74) is 0.978. The van der Waals surface area contributed by atoms with E-state index in [4.69, 9.17) is 4.42 Å². The van der Waals surface area contributed by atoms with Gasteiger partial charge in [-0.05, 0) is 30.9 Å². The van der Waals surface area contributed by atoms with Gasteiger partial charge in [0.05, 0.1) is 11.6 Å². The van der Waals surface area contributed by atoms with Crippen LogP contribution in [0.2, 0.25) is 0 Å². The van der Waals surface area contributed by atoms with Gasteiger partial charge in [0.1, 0.15) is 12.6 Å². The molecule has 9 nitrogen and oxygen atoms in total. The Hall–Kier alpha value is -3.10. The lowest BCUT2D eigenvalue weighted by molar-refractivity contribution is -0.154. The molecule has 166 valence electrons. The van der Waals surface area contributed by atoms with Crippen LogP contribution in [0.3, 0.4) is 0 Å². The fraction of sp³-hybridized carbons (Fsp3) is 0.545. The fourth-order valence-electron chi connectivity index (χ4n) is 4.77. The van der Waals surface area contributed by atoms with Crippen molar-refractivity contribution < 1.29 is 18.8 Å². The Labute approximate surface area is 180 Å². The number of rotatable bonds is 5. The molecule has 0 aliphatic carbocycles. The van der Waals surface area contributed by atoms with Crippen LogP contribution >= 0.6 is 0 Å². The summed E-state index contributed by atoms with van der Waals surface area (Å²) < 4.78 is 6.56. The highest BCUT2D eigenvalue weighted by Gasteiger charge is 2.47. The Bertz CT molecular complexity index is 1070. The van der Waals surface area contributed by atoms with Crippen molar-refractivity contribution in [3.63, 3.8) is 0 Å². The third kappa shape index (κ3) is 4.08. The smallest absolute Gasteiger partial charge is 0.408 e. The number of para-hydroxylation sites is 2. The van der Waals surface area contributed by atoms with E-state index < -0.39 is 11.8 Å². The van der Waals surface area contributed by atoms with Gasteiger partial charge >= 0.3 is 5.76 Å². The molecule has 2 aliphatic rings. The van der Waals surface area contributed by atoms with Crippen molar-refractivity contribution in [3.8, 4) is 0 Å². The minimum Gasteiger partial charge on any atom is -0.408 e. The standard InChI is InChI=1S/C22H28N4O5/c1-13(2)8-18-21(29)24-10-15(23-14(3)27)9-16(24)11-25(18)20(28)12-26-17-6-4-5-7-19(17)31-22(26)30/h4-7,13,15-16,18H,8-12H2,1-3H3,(H,23,27). The van der Waals surface area contributed by atoms with E-state index >= 15 is 0 Å². The van der Waals surface area contributed by atoms with Crippen molar-refractivity contribution in [2.75, 3.05) is 13.1 Å². The van der Waals surface area contributed by atoms with Crippen LogP contribution in [0.15, 0.2) is 33.5 Å². The van der Waals surface area contributed by atoms with Crippen molar-refractivity contribution in [2.24, 2.45) is 5.92 Å². The predicted octanol–water partition coefficient (Wildman–Crippen LogP) is 0.957. The molecule has 0 saturated carbocycles. The molecule has 1 N–H and O–H groups in total. The second-order valence-corrected chi connectivity index (χ2v) is 8.89. The Morgan fingerprint density at radius 1 is 1.19 bits per heavy atom. The fourth-order valence-corrected chi connectivity index (χ4v) is 4.77. The summed E-state index contributed by atoms with van der Waals surface area (Å²) in [6.07, 6.45) is 1.15. The number of nitrogens with zero attached hydrogens (tertiary/aromatic N) is 3. The first-order valence-electron chi connectivity index (χ1n) is 10.7. The average molecular weight is 428 g/mol. The number of nitrogens with one attached hydrogen (secondary N) is 1. The molecule has 3 heterocycles. The number of fused-ring (bicyclic) bond motifs is 2. The van der Waals surface area contributed by atoms with Gasteiger partial charge in [-0.3, -0.25) is 19.0 Å². The zero-order valence-corrected chi connectivity index (χ0v) is 18.0. The van der Waals surface area contributed by atoms with Gasteiger partial charge in [-0.1, -0.05) is 26.0 Å². The molecule has 0 bridgehead atoms. The Kier molecular flexibility index (Phi) is 5.60. The quantitative estimate of drug-likeness (QED) is 0.764. The number of benzene rings is 1. The monoisotopic (exact) mass is 428 g/mol. The van der Waals surface area contributed by atoms with Crippen LogP contribution in [-0.4, -0.2) is 63.3 Å². The molecule has 4 rings (SSSR count). The maximum Gasteiger partial charge on any atom is 0.420 e. The lowest BCUT2D eigenvalue weighted by Gasteiger charge is -2.43. The maximum absolute atomic E-state index is 13.3. The van der Waals surface area contributed by atoms with Crippen molar-refractivity contribution >= 4 is 28.8 Å². The van der Waals surface area contributed by atoms with Gasteiger partial charge in [-0.2, -0.15) is 0 Å². The number of carbonyl (C=O) groups excluding carboxylic acids is 3. The van der Waals surface area contributed by atoms with Gasteiger partial charge in [0.25, 0.3) is 0 Å². The summed E-state index contributed by atoms with van der Waals surface area (Å²) in [7, 11) is 0. The van der Waals surface area contributed by atoms with E-state index in [1.807, 2.05) is 13.8 Å². The summed E-state index contributed by atoms with van der Waals surface area (Å²) in [6.45, 7) is 6.16. The van der Waals surface area contributed by atoms with Crippen molar-refractivity contribution in [1.82, 2.24) is 19.7 Å². The molecule has 1 aromatic heterocycles. The summed E-state index contributed by atoms with van der Waals surface area (Å²) in [6, 6.07) is 6.13. The van der Waals surface area contributed by atoms with Gasteiger partial charge in [-0.15, -0.1) is 0 Å². The zero-order chi connectivity index (χ0) is 22.3. The van der Waals surface area contributed by atoms with Crippen LogP contribution in [0.5, 0.6) is 0 Å². The number of amides is 3. The molecule has 3 unspecified atom stereocenters. The van der Waals surface area contributed by atoms with E-state index in [1.54, 1.807) is 34.1 Å². The molecule has 2 fully saturated rings. The predicted molar refractivity (Wildman–Crippen MR) is 113 cm³/mol. The highest BCUT2D eigenvalue weighted by Crippen LogP contribution is 2.29. The summed E-state index contributed by atoms with van der Waals surface area (Å²) in [5.74, 6) is -0.875. The van der Waals surface area contributed by atoms with Crippen LogP contribution in [0.4, 0.5) is 0 Å². The van der Waals surface area contributed by atoms with E-state index in [0.29, 0.717) is 37.0 Å². The summed E-state index contributed by atoms with van der Waals surface area (Å²) in [4.78, 5) is 53.8. The number of hydrogen-bond donors (Lipinski definition) is 1. The van der Waals surface area contributed by atoms with Crippen molar-refractivity contribution in [3.05, 3.63) is 34.8 Å². The van der Waals surface area contributed by atoms with Crippen LogP contribution in [0.1, 0.15) is 33.6 Å². The molecule has 0 spiro atoms. The average Bonchev–Trinajstić information content (AvgIpc) is 3.23. The maximum atomic E-state index is 13.3. The van der Waals surface area contributed by atoms with Gasteiger partial charge < -0.3 is 19.5 Å². The van der Waals surface area contributed by atoms with E-state index in [-0.39, 0.29) is 42.3 Å². The highest BCUT2D eigenvalue weighted by molar-refractivity contribution is 5.90. The lowest BCUT2D eigenvalue weighted by atomic mass is 9.97. The van der Waals surface area contributed by atoms with E-state index in [1.165, 1.54) is 11.5 Å². The van der Waals surface area contributed by atoms with Crippen molar-refractivity contribution in [2.45, 2.75) is 58.3 Å². The van der Waals surface area contributed by atoms with Crippen LogP contribution < -0.4 is 11.1 Å². The second-order valence-electron chi connectivity index (χ2n) is 8.89. The topological polar surface area (TPSA) is 105 Å². The first-order chi connectivity index (χ1) is 14.7. The molecule has 2 aromatic rings. The molecule has 9 heteroatoms. The largest absolute Gasteiger partial charge is 0.420 e. The summed E-state index contributed by atoms with van der Waals surface area (Å²) in [5, 5.41) is 2.89. The molecule has 31 heavy (non-hydrogen) atoms. The molecule has 0 radical (unpaired) electrons. The van der Waals surface area contributed by atoms with E-state index in [0.717, 1.165) is 0 Å². The minimum atomic E-state index is -0.591. The van der Waals surface area contributed by atoms with Gasteiger partial charge in [0.2, 0.25) is 17.7 Å². The molecule has 2 saturated heterocycles. The molecule has 1 aromatic carbocycles. The molecule has 3 atom stereocenters. The zero-order valence-electron chi connectivity index (χ0n) is 18.0. The number of aromatic nitrogens is 1. The molecule has 2 aliphatic heterocycles. The Morgan fingerprint density at radius 3 is 2.65 bits per heavy atom. The van der Waals surface area contributed by atoms with E-state index in [9.17, 15) is 19.2 Å². The number of carbonyl (C=O) groups is 3. The van der Waals surface area contributed by atoms with Gasteiger partial charge in [0.15, 0.2) is 5.58 Å². The van der Waals surface area contributed by atoms with Gasteiger partial charge in [-0.25, -0.2) is 4.79 Å². The van der Waals surface area contributed by atoms with Crippen molar-refractivity contribution in [1.29, 1.82) is 0 Å². The SMILES string of the molecule is CC(=O)NC1CC2CN(C(=O)Cn3c(=O)oc4ccccc43)C(CC(C)C)C(=O)N2C1. The van der Waals surface area contributed by atoms with Gasteiger partial charge in [0, 0.05) is 26.1 Å². The first-order valence-corrected chi connectivity index (χ1v) is 10.7. The summed E-state index contributed by atoms with van der Waals surface area (Å²) >= 11 is 0. The number of oxazole rings is 1. The number of piperazine rings is 1. The highest BCUT2D eigenvalue weighted by atomic mass is 16.4.